The molecule has 5 rings (SSSR count). The average molecular weight is 441 g/mol. The van der Waals surface area contributed by atoms with Gasteiger partial charge in [0.05, 0.1) is 28.3 Å². The van der Waals surface area contributed by atoms with E-state index in [2.05, 4.69) is 26.6 Å². The third-order valence-electron chi connectivity index (χ3n) is 5.03. The molecule has 0 spiro atoms. The molecule has 2 aromatic heterocycles. The molecular weight excluding hydrogens is 427 g/mol. The van der Waals surface area contributed by atoms with Gasteiger partial charge in [-0.25, -0.2) is 4.98 Å². The molecule has 6 nitrogen and oxygen atoms in total. The number of hydrogen-bond acceptors (Lipinski definition) is 7. The fraction of sp³-hybridized carbons (Fsp3) is 0.238. The van der Waals surface area contributed by atoms with E-state index in [0.717, 1.165) is 34.7 Å². The van der Waals surface area contributed by atoms with E-state index < -0.39 is 17.3 Å². The number of aromatic nitrogens is 3. The van der Waals surface area contributed by atoms with Crippen molar-refractivity contribution in [1.29, 1.82) is 5.26 Å². The molecular formula is C21H14F3N5OS. The van der Waals surface area contributed by atoms with Crippen LogP contribution in [0.15, 0.2) is 46.9 Å². The summed E-state index contributed by atoms with van der Waals surface area (Å²) in [6.07, 6.45) is -2.58. The molecule has 2 aromatic carbocycles. The lowest BCUT2D eigenvalue weighted by atomic mass is 10.0. The number of thiazole rings is 1. The Morgan fingerprint density at radius 3 is 2.68 bits per heavy atom. The van der Waals surface area contributed by atoms with Crippen LogP contribution in [-0.2, 0) is 12.6 Å². The van der Waals surface area contributed by atoms with Crippen molar-refractivity contribution >= 4 is 27.6 Å². The van der Waals surface area contributed by atoms with Crippen LogP contribution in [0.4, 0.5) is 19.2 Å². The van der Waals surface area contributed by atoms with E-state index in [0.29, 0.717) is 29.0 Å². The van der Waals surface area contributed by atoms with Crippen molar-refractivity contribution in [2.24, 2.45) is 0 Å². The van der Waals surface area contributed by atoms with Crippen molar-refractivity contribution in [2.45, 2.75) is 31.0 Å². The topological polar surface area (TPSA) is 87.6 Å². The van der Waals surface area contributed by atoms with Gasteiger partial charge in [0.1, 0.15) is 10.5 Å². The second-order valence-corrected chi connectivity index (χ2v) is 8.48. The van der Waals surface area contributed by atoms with Crippen molar-refractivity contribution in [3.63, 3.8) is 0 Å². The van der Waals surface area contributed by atoms with Crippen molar-refractivity contribution in [3.05, 3.63) is 58.9 Å². The van der Waals surface area contributed by atoms with E-state index >= 15 is 0 Å². The van der Waals surface area contributed by atoms with Crippen LogP contribution in [-0.4, -0.2) is 20.7 Å². The van der Waals surface area contributed by atoms with Gasteiger partial charge in [0.25, 0.3) is 0 Å². The predicted octanol–water partition coefficient (Wildman–Crippen LogP) is 5.42. The predicted molar refractivity (Wildman–Crippen MR) is 108 cm³/mol. The zero-order chi connectivity index (χ0) is 21.6. The molecule has 156 valence electrons. The normalized spacial score (nSPS) is 15.0. The fourth-order valence-corrected chi connectivity index (χ4v) is 4.14. The summed E-state index contributed by atoms with van der Waals surface area (Å²) in [5.74, 6) is 0.369. The highest BCUT2D eigenvalue weighted by atomic mass is 32.1. The van der Waals surface area contributed by atoms with Gasteiger partial charge in [-0.05, 0) is 48.2 Å². The second-order valence-electron chi connectivity index (χ2n) is 7.37. The van der Waals surface area contributed by atoms with Crippen LogP contribution in [0.5, 0.6) is 0 Å². The first kappa shape index (κ1) is 19.5. The number of nitrogens with zero attached hydrogens (tertiary/aromatic N) is 4. The molecule has 1 aliphatic rings. The highest BCUT2D eigenvalue weighted by Crippen LogP contribution is 2.38. The SMILES string of the molecule is N#CC1(Nc2nnc(Cc3nc4cc(-c5cccc(C(F)(F)F)c5)ccc4s3)o2)CC1. The van der Waals surface area contributed by atoms with Crippen LogP contribution in [0, 0.1) is 11.3 Å². The number of benzene rings is 2. The van der Waals surface area contributed by atoms with Gasteiger partial charge in [-0.2, -0.15) is 18.4 Å². The van der Waals surface area contributed by atoms with Gasteiger partial charge in [-0.3, -0.25) is 0 Å². The quantitative estimate of drug-likeness (QED) is 0.445. The van der Waals surface area contributed by atoms with Gasteiger partial charge >= 0.3 is 12.2 Å². The monoisotopic (exact) mass is 441 g/mol. The van der Waals surface area contributed by atoms with E-state index in [1.54, 1.807) is 18.2 Å². The molecule has 4 aromatic rings. The Labute approximate surface area is 178 Å². The summed E-state index contributed by atoms with van der Waals surface area (Å²) < 4.78 is 45.5. The number of anilines is 1. The molecule has 0 bridgehead atoms. The smallest absolute Gasteiger partial charge is 0.408 e. The van der Waals surface area contributed by atoms with E-state index in [4.69, 9.17) is 9.68 Å². The maximum absolute atomic E-state index is 13.0. The number of hydrogen-bond donors (Lipinski definition) is 1. The number of halogens is 3. The second kappa shape index (κ2) is 7.06. The third kappa shape index (κ3) is 3.96. The Morgan fingerprint density at radius 2 is 1.94 bits per heavy atom. The number of nitrogens with one attached hydrogen (secondary N) is 1. The lowest BCUT2D eigenvalue weighted by molar-refractivity contribution is -0.137. The molecule has 0 amide bonds. The summed E-state index contributed by atoms with van der Waals surface area (Å²) in [5, 5.41) is 20.8. The van der Waals surface area contributed by atoms with Gasteiger partial charge in [0, 0.05) is 0 Å². The molecule has 2 heterocycles. The maximum Gasteiger partial charge on any atom is 0.416 e. The minimum Gasteiger partial charge on any atom is -0.408 e. The Balaban J connectivity index is 1.37. The Bertz CT molecular complexity index is 1320. The Morgan fingerprint density at radius 1 is 1.13 bits per heavy atom. The summed E-state index contributed by atoms with van der Waals surface area (Å²) in [6.45, 7) is 0. The van der Waals surface area contributed by atoms with Gasteiger partial charge in [0.15, 0.2) is 0 Å². The minimum atomic E-state index is -4.39. The zero-order valence-corrected chi connectivity index (χ0v) is 16.7. The Hall–Kier alpha value is -3.45. The number of rotatable bonds is 5. The van der Waals surface area contributed by atoms with Crippen LogP contribution in [0.1, 0.15) is 29.3 Å². The van der Waals surface area contributed by atoms with Crippen molar-refractivity contribution in [1.82, 2.24) is 15.2 Å². The zero-order valence-electron chi connectivity index (χ0n) is 15.9. The van der Waals surface area contributed by atoms with Crippen molar-refractivity contribution < 1.29 is 17.6 Å². The van der Waals surface area contributed by atoms with Gasteiger partial charge in [-0.15, -0.1) is 16.4 Å². The van der Waals surface area contributed by atoms with Gasteiger partial charge in [-0.1, -0.05) is 23.3 Å². The first-order valence-corrected chi connectivity index (χ1v) is 10.2. The Kier molecular flexibility index (Phi) is 4.44. The largest absolute Gasteiger partial charge is 0.416 e. The molecule has 10 heteroatoms. The molecule has 0 unspecified atom stereocenters. The highest BCUT2D eigenvalue weighted by molar-refractivity contribution is 7.18. The average Bonchev–Trinajstić information content (AvgIpc) is 3.19. The molecule has 1 N–H and O–H groups in total. The van der Waals surface area contributed by atoms with E-state index in [1.165, 1.54) is 17.4 Å². The number of alkyl halides is 3. The van der Waals surface area contributed by atoms with Gasteiger partial charge < -0.3 is 9.73 Å². The molecule has 1 aliphatic carbocycles. The lowest BCUT2D eigenvalue weighted by Crippen LogP contribution is -2.18. The molecule has 1 fully saturated rings. The van der Waals surface area contributed by atoms with Crippen LogP contribution in [0.25, 0.3) is 21.3 Å². The summed E-state index contributed by atoms with van der Waals surface area (Å²) in [4.78, 5) is 4.57. The minimum absolute atomic E-state index is 0.210. The van der Waals surface area contributed by atoms with E-state index in [1.807, 2.05) is 6.07 Å². The van der Waals surface area contributed by atoms with Crippen LogP contribution < -0.4 is 5.32 Å². The molecule has 31 heavy (non-hydrogen) atoms. The third-order valence-corrected chi connectivity index (χ3v) is 6.07. The first-order chi connectivity index (χ1) is 14.8. The van der Waals surface area contributed by atoms with Crippen LogP contribution >= 0.6 is 11.3 Å². The summed E-state index contributed by atoms with van der Waals surface area (Å²) in [6, 6.07) is 13.0. The van der Waals surface area contributed by atoms with Crippen molar-refractivity contribution in [2.75, 3.05) is 5.32 Å². The van der Waals surface area contributed by atoms with Crippen LogP contribution in [0.2, 0.25) is 0 Å². The fourth-order valence-electron chi connectivity index (χ4n) is 3.20. The first-order valence-electron chi connectivity index (χ1n) is 9.43. The lowest BCUT2D eigenvalue weighted by Gasteiger charge is -2.08. The summed E-state index contributed by atoms with van der Waals surface area (Å²) >= 11 is 1.45. The summed E-state index contributed by atoms with van der Waals surface area (Å²) in [7, 11) is 0. The standard InChI is InChI=1S/C21H14F3N5OS/c22-21(23,24)14-3-1-2-12(8-14)13-4-5-16-15(9-13)26-18(31-16)10-17-28-29-19(30-17)27-20(11-25)6-7-20/h1-5,8-9H,6-7,10H2,(H,27,29). The molecule has 0 radical (unpaired) electrons. The van der Waals surface area contributed by atoms with E-state index in [-0.39, 0.29) is 6.01 Å². The highest BCUT2D eigenvalue weighted by Gasteiger charge is 2.44. The summed E-state index contributed by atoms with van der Waals surface area (Å²) in [5.41, 5.74) is 0.541. The molecule has 0 saturated heterocycles. The van der Waals surface area contributed by atoms with Gasteiger partial charge in [0.2, 0.25) is 5.89 Å². The number of fused-ring (bicyclic) bond motifs is 1. The van der Waals surface area contributed by atoms with Crippen LogP contribution in [0.3, 0.4) is 0 Å². The molecule has 0 aliphatic heterocycles. The number of nitriles is 1. The molecule has 1 saturated carbocycles. The molecule has 0 atom stereocenters. The van der Waals surface area contributed by atoms with E-state index in [9.17, 15) is 13.2 Å². The maximum atomic E-state index is 13.0. The van der Waals surface area contributed by atoms with Crippen molar-refractivity contribution in [3.8, 4) is 17.2 Å².